The molecule has 0 spiro atoms. The topological polar surface area (TPSA) is 54.2 Å². The fraction of sp³-hybridized carbons (Fsp3) is 0.333. The predicted octanol–water partition coefficient (Wildman–Crippen LogP) is 1.56. The van der Waals surface area contributed by atoms with Crippen LogP contribution in [0.1, 0.15) is 11.1 Å². The third-order valence-corrected chi connectivity index (χ3v) is 3.00. The van der Waals surface area contributed by atoms with Gasteiger partial charge in [-0.15, -0.1) is 0 Å². The summed E-state index contributed by atoms with van der Waals surface area (Å²) in [6, 6.07) is 10.4. The van der Waals surface area contributed by atoms with E-state index in [0.717, 1.165) is 25.6 Å². The van der Waals surface area contributed by atoms with Crippen molar-refractivity contribution in [2.45, 2.75) is 20.0 Å². The van der Waals surface area contributed by atoms with Gasteiger partial charge >= 0.3 is 0 Å². The average molecular weight is 271 g/mol. The van der Waals surface area contributed by atoms with Crippen LogP contribution in [0.3, 0.4) is 0 Å². The van der Waals surface area contributed by atoms with E-state index in [-0.39, 0.29) is 0 Å². The molecule has 5 heteroatoms. The van der Waals surface area contributed by atoms with E-state index in [1.165, 1.54) is 11.1 Å². The second-order valence-corrected chi connectivity index (χ2v) is 4.61. The molecular formula is C15H21N5. The highest BCUT2D eigenvalue weighted by Gasteiger charge is 1.98. The molecule has 0 radical (unpaired) electrons. The SMILES string of the molecule is CN=C(NCCn1cccn1)NCc1ccc(C)cc1. The molecule has 1 aromatic heterocycles. The normalized spacial score (nSPS) is 11.4. The van der Waals surface area contributed by atoms with Gasteiger partial charge in [0.15, 0.2) is 5.96 Å². The molecule has 0 saturated carbocycles. The Hall–Kier alpha value is -2.30. The summed E-state index contributed by atoms with van der Waals surface area (Å²) >= 11 is 0. The molecule has 0 unspecified atom stereocenters. The van der Waals surface area contributed by atoms with Crippen molar-refractivity contribution in [3.63, 3.8) is 0 Å². The first-order chi connectivity index (χ1) is 9.78. The number of hydrogen-bond donors (Lipinski definition) is 2. The Bertz CT molecular complexity index is 528. The Morgan fingerprint density at radius 3 is 2.70 bits per heavy atom. The monoisotopic (exact) mass is 271 g/mol. The lowest BCUT2D eigenvalue weighted by Gasteiger charge is -2.12. The van der Waals surface area contributed by atoms with Crippen molar-refractivity contribution < 1.29 is 0 Å². The summed E-state index contributed by atoms with van der Waals surface area (Å²) < 4.78 is 1.89. The van der Waals surface area contributed by atoms with Gasteiger partial charge in [0.25, 0.3) is 0 Å². The molecule has 0 aliphatic rings. The number of nitrogens with zero attached hydrogens (tertiary/aromatic N) is 3. The molecule has 20 heavy (non-hydrogen) atoms. The number of rotatable bonds is 5. The Balaban J connectivity index is 1.73. The van der Waals surface area contributed by atoms with Crippen molar-refractivity contribution in [2.75, 3.05) is 13.6 Å². The van der Waals surface area contributed by atoms with E-state index in [9.17, 15) is 0 Å². The van der Waals surface area contributed by atoms with Crippen LogP contribution in [0.5, 0.6) is 0 Å². The molecule has 0 aliphatic carbocycles. The lowest BCUT2D eigenvalue weighted by molar-refractivity contribution is 0.597. The Morgan fingerprint density at radius 1 is 1.25 bits per heavy atom. The second-order valence-electron chi connectivity index (χ2n) is 4.61. The number of aromatic nitrogens is 2. The molecule has 0 aliphatic heterocycles. The van der Waals surface area contributed by atoms with Crippen molar-refractivity contribution in [1.29, 1.82) is 0 Å². The van der Waals surface area contributed by atoms with Crippen molar-refractivity contribution in [1.82, 2.24) is 20.4 Å². The minimum atomic E-state index is 0.766. The van der Waals surface area contributed by atoms with Gasteiger partial charge in [-0.25, -0.2) is 0 Å². The molecule has 106 valence electrons. The van der Waals surface area contributed by atoms with Crippen LogP contribution in [0.4, 0.5) is 0 Å². The van der Waals surface area contributed by atoms with Gasteiger partial charge < -0.3 is 10.6 Å². The first kappa shape index (κ1) is 14.1. The minimum absolute atomic E-state index is 0.766. The average Bonchev–Trinajstić information content (AvgIpc) is 2.97. The van der Waals surface area contributed by atoms with Gasteiger partial charge in [0, 0.05) is 32.5 Å². The molecule has 0 amide bonds. The van der Waals surface area contributed by atoms with Gasteiger partial charge in [-0.2, -0.15) is 5.10 Å². The molecule has 0 atom stereocenters. The largest absolute Gasteiger partial charge is 0.355 e. The number of benzene rings is 1. The lowest BCUT2D eigenvalue weighted by Crippen LogP contribution is -2.38. The fourth-order valence-corrected chi connectivity index (χ4v) is 1.83. The summed E-state index contributed by atoms with van der Waals surface area (Å²) in [5.74, 6) is 0.803. The molecule has 0 saturated heterocycles. The van der Waals surface area contributed by atoms with Gasteiger partial charge in [-0.05, 0) is 18.6 Å². The van der Waals surface area contributed by atoms with Gasteiger partial charge in [-0.1, -0.05) is 29.8 Å². The van der Waals surface area contributed by atoms with E-state index in [2.05, 4.69) is 51.9 Å². The van der Waals surface area contributed by atoms with Gasteiger partial charge in [0.2, 0.25) is 0 Å². The Labute approximate surface area is 119 Å². The number of aliphatic imine (C=N–C) groups is 1. The number of nitrogens with one attached hydrogen (secondary N) is 2. The second kappa shape index (κ2) is 7.33. The van der Waals surface area contributed by atoms with E-state index in [1.54, 1.807) is 13.2 Å². The van der Waals surface area contributed by atoms with Gasteiger partial charge in [-0.3, -0.25) is 9.67 Å². The molecule has 5 nitrogen and oxygen atoms in total. The zero-order chi connectivity index (χ0) is 14.2. The van der Waals surface area contributed by atoms with Crippen LogP contribution in [0, 0.1) is 6.92 Å². The highest BCUT2D eigenvalue weighted by Crippen LogP contribution is 2.02. The van der Waals surface area contributed by atoms with Crippen LogP contribution in [0.2, 0.25) is 0 Å². The van der Waals surface area contributed by atoms with E-state index in [0.29, 0.717) is 0 Å². The minimum Gasteiger partial charge on any atom is -0.355 e. The molecule has 2 aromatic rings. The zero-order valence-corrected chi connectivity index (χ0v) is 12.0. The first-order valence-electron chi connectivity index (χ1n) is 6.75. The lowest BCUT2D eigenvalue weighted by atomic mass is 10.1. The van der Waals surface area contributed by atoms with E-state index in [4.69, 9.17) is 0 Å². The van der Waals surface area contributed by atoms with Crippen LogP contribution in [0.25, 0.3) is 0 Å². The maximum atomic E-state index is 4.20. The van der Waals surface area contributed by atoms with Crippen LogP contribution < -0.4 is 10.6 Å². The first-order valence-corrected chi connectivity index (χ1v) is 6.75. The molecule has 2 rings (SSSR count). The Morgan fingerprint density at radius 2 is 2.05 bits per heavy atom. The number of guanidine groups is 1. The van der Waals surface area contributed by atoms with Crippen molar-refractivity contribution >= 4 is 5.96 Å². The van der Waals surface area contributed by atoms with Crippen LogP contribution in [-0.2, 0) is 13.1 Å². The molecule has 2 N–H and O–H groups in total. The molecule has 0 bridgehead atoms. The number of aryl methyl sites for hydroxylation is 1. The summed E-state index contributed by atoms with van der Waals surface area (Å²) in [6.07, 6.45) is 3.73. The fourth-order valence-electron chi connectivity index (χ4n) is 1.83. The maximum Gasteiger partial charge on any atom is 0.191 e. The highest BCUT2D eigenvalue weighted by molar-refractivity contribution is 5.79. The Kier molecular flexibility index (Phi) is 5.17. The van der Waals surface area contributed by atoms with Crippen LogP contribution >= 0.6 is 0 Å². The highest BCUT2D eigenvalue weighted by atomic mass is 15.3. The summed E-state index contributed by atoms with van der Waals surface area (Å²) in [7, 11) is 1.78. The predicted molar refractivity (Wildman–Crippen MR) is 81.6 cm³/mol. The maximum absolute atomic E-state index is 4.20. The molecule has 1 heterocycles. The summed E-state index contributed by atoms with van der Waals surface area (Å²) in [5.41, 5.74) is 2.51. The van der Waals surface area contributed by atoms with Crippen molar-refractivity contribution in [3.8, 4) is 0 Å². The zero-order valence-electron chi connectivity index (χ0n) is 12.0. The number of hydrogen-bond acceptors (Lipinski definition) is 2. The van der Waals surface area contributed by atoms with Gasteiger partial charge in [0.1, 0.15) is 0 Å². The van der Waals surface area contributed by atoms with E-state index < -0.39 is 0 Å². The third-order valence-electron chi connectivity index (χ3n) is 3.00. The smallest absolute Gasteiger partial charge is 0.191 e. The standard InChI is InChI=1S/C15H21N5/c1-13-4-6-14(7-5-13)12-18-15(16-2)17-9-11-20-10-3-8-19-20/h3-8,10H,9,11-12H2,1-2H3,(H2,16,17,18). The quantitative estimate of drug-likeness (QED) is 0.641. The van der Waals surface area contributed by atoms with E-state index in [1.807, 2.05) is 16.9 Å². The van der Waals surface area contributed by atoms with E-state index >= 15 is 0 Å². The third kappa shape index (κ3) is 4.42. The summed E-state index contributed by atoms with van der Waals surface area (Å²) in [6.45, 7) is 4.46. The summed E-state index contributed by atoms with van der Waals surface area (Å²) in [5, 5.41) is 10.7. The van der Waals surface area contributed by atoms with Crippen molar-refractivity contribution in [2.24, 2.45) is 4.99 Å². The molecule has 0 fully saturated rings. The van der Waals surface area contributed by atoms with Crippen molar-refractivity contribution in [3.05, 3.63) is 53.9 Å². The van der Waals surface area contributed by atoms with Crippen LogP contribution in [-0.4, -0.2) is 29.3 Å². The molecule has 1 aromatic carbocycles. The van der Waals surface area contributed by atoms with Gasteiger partial charge in [0.05, 0.1) is 6.54 Å². The summed E-state index contributed by atoms with van der Waals surface area (Å²) in [4.78, 5) is 4.20. The van der Waals surface area contributed by atoms with Crippen LogP contribution in [0.15, 0.2) is 47.7 Å². The molecular weight excluding hydrogens is 250 g/mol.